The Morgan fingerprint density at radius 3 is 2.59 bits per heavy atom. The normalized spacial score (nSPS) is 13.0. The molecule has 0 radical (unpaired) electrons. The van der Waals surface area contributed by atoms with Crippen molar-refractivity contribution in [1.29, 1.82) is 0 Å². The maximum atomic E-state index is 14.7. The number of aryl methyl sites for hydroxylation is 1. The van der Waals surface area contributed by atoms with Gasteiger partial charge < -0.3 is 10.2 Å². The second-order valence-electron chi connectivity index (χ2n) is 11.6. The van der Waals surface area contributed by atoms with Crippen LogP contribution in [0.5, 0.6) is 0 Å². The van der Waals surface area contributed by atoms with Gasteiger partial charge in [-0.3, -0.25) is 23.6 Å². The van der Waals surface area contributed by atoms with Crippen LogP contribution in [0.2, 0.25) is 0 Å². The number of carbonyl (C=O) groups excluding carboxylic acids is 1. The predicted molar refractivity (Wildman–Crippen MR) is 186 cm³/mol. The average Bonchev–Trinajstić information content (AvgIpc) is 3.76. The van der Waals surface area contributed by atoms with Gasteiger partial charge in [-0.2, -0.15) is 18.2 Å². The molecule has 0 unspecified atom stereocenters. The first kappa shape index (κ1) is 31.6. The number of nitrogens with one attached hydrogen (secondary N) is 3. The van der Waals surface area contributed by atoms with Gasteiger partial charge in [0, 0.05) is 73.7 Å². The molecule has 0 aliphatic carbocycles. The van der Waals surface area contributed by atoms with Crippen LogP contribution in [0.4, 0.5) is 11.5 Å². The highest BCUT2D eigenvalue weighted by molar-refractivity contribution is 7.90. The molecule has 2 aromatic carbocycles. The van der Waals surface area contributed by atoms with Crippen LogP contribution in [0, 0.1) is 11.8 Å². The van der Waals surface area contributed by atoms with Gasteiger partial charge in [0.15, 0.2) is 11.5 Å². The van der Waals surface area contributed by atoms with Crippen molar-refractivity contribution in [3.63, 3.8) is 0 Å². The third-order valence-corrected chi connectivity index (χ3v) is 9.40. The van der Waals surface area contributed by atoms with Crippen LogP contribution in [0.3, 0.4) is 0 Å². The molecule has 4 aromatic heterocycles. The van der Waals surface area contributed by atoms with Crippen LogP contribution in [0.25, 0.3) is 22.1 Å². The van der Waals surface area contributed by atoms with Crippen molar-refractivity contribution in [2.24, 2.45) is 7.05 Å². The summed E-state index contributed by atoms with van der Waals surface area (Å²) in [5, 5.41) is 12.8. The summed E-state index contributed by atoms with van der Waals surface area (Å²) in [5.41, 5.74) is 4.04. The third-order valence-electron chi connectivity index (χ3n) is 8.27. The quantitative estimate of drug-likeness (QED) is 0.208. The molecule has 14 nitrogen and oxygen atoms in total. The summed E-state index contributed by atoms with van der Waals surface area (Å²) >= 11 is 0. The lowest BCUT2D eigenvalue weighted by molar-refractivity contribution is 0.0941. The van der Waals surface area contributed by atoms with Crippen LogP contribution in [-0.2, 0) is 23.8 Å². The van der Waals surface area contributed by atoms with Crippen molar-refractivity contribution >= 4 is 44.0 Å². The predicted octanol–water partition coefficient (Wildman–Crippen LogP) is 2.87. The lowest BCUT2D eigenvalue weighted by Gasteiger charge is -2.23. The Morgan fingerprint density at radius 1 is 1.06 bits per heavy atom. The highest BCUT2D eigenvalue weighted by atomic mass is 32.2. The van der Waals surface area contributed by atoms with Gasteiger partial charge in [-0.05, 0) is 37.3 Å². The molecule has 1 aliphatic heterocycles. The van der Waals surface area contributed by atoms with Crippen molar-refractivity contribution in [2.75, 3.05) is 23.2 Å². The number of pyridine rings is 1. The van der Waals surface area contributed by atoms with E-state index in [9.17, 15) is 18.0 Å². The van der Waals surface area contributed by atoms with Gasteiger partial charge in [-0.1, -0.05) is 37.0 Å². The summed E-state index contributed by atoms with van der Waals surface area (Å²) < 4.78 is 34.6. The Balaban J connectivity index is 1.40. The van der Waals surface area contributed by atoms with E-state index in [1.165, 1.54) is 10.7 Å². The van der Waals surface area contributed by atoms with E-state index in [-0.39, 0.29) is 29.1 Å². The molecule has 6 aromatic rings. The van der Waals surface area contributed by atoms with E-state index >= 15 is 0 Å². The number of anilines is 2. The van der Waals surface area contributed by atoms with E-state index < -0.39 is 22.2 Å². The van der Waals surface area contributed by atoms with Crippen molar-refractivity contribution < 1.29 is 13.2 Å². The Labute approximate surface area is 281 Å². The van der Waals surface area contributed by atoms with Gasteiger partial charge in [0.2, 0.25) is 0 Å². The minimum atomic E-state index is -4.03. The molecule has 0 spiro atoms. The van der Waals surface area contributed by atoms with Crippen LogP contribution >= 0.6 is 0 Å². The molecule has 1 atom stereocenters. The van der Waals surface area contributed by atoms with Gasteiger partial charge in [-0.25, -0.2) is 9.50 Å². The number of aromatic nitrogens is 6. The summed E-state index contributed by atoms with van der Waals surface area (Å²) in [4.78, 5) is 35.2. The number of carbonyl (C=O) groups is 1. The number of amides is 1. The first-order chi connectivity index (χ1) is 23.6. The molecule has 0 bridgehead atoms. The van der Waals surface area contributed by atoms with Crippen LogP contribution in [-0.4, -0.2) is 56.9 Å². The van der Waals surface area contributed by atoms with Crippen molar-refractivity contribution in [3.8, 4) is 17.5 Å². The number of benzene rings is 2. The van der Waals surface area contributed by atoms with Crippen molar-refractivity contribution in [3.05, 3.63) is 112 Å². The number of rotatable bonds is 8. The Kier molecular flexibility index (Phi) is 7.89. The molecule has 1 amide bonds. The van der Waals surface area contributed by atoms with Gasteiger partial charge >= 0.3 is 0 Å². The van der Waals surface area contributed by atoms with Crippen molar-refractivity contribution in [2.45, 2.75) is 26.4 Å². The number of hydrogen-bond donors (Lipinski definition) is 3. The zero-order chi connectivity index (χ0) is 34.4. The smallest absolute Gasteiger partial charge is 0.300 e. The second kappa shape index (κ2) is 12.2. The van der Waals surface area contributed by atoms with Gasteiger partial charge in [-0.15, -0.1) is 5.10 Å². The van der Waals surface area contributed by atoms with E-state index in [2.05, 4.69) is 46.7 Å². The molecule has 248 valence electrons. The minimum Gasteiger partial charge on any atom is -0.370 e. The molecule has 5 heterocycles. The van der Waals surface area contributed by atoms with E-state index in [0.717, 1.165) is 22.2 Å². The fourth-order valence-electron chi connectivity index (χ4n) is 6.28. The fourth-order valence-corrected chi connectivity index (χ4v) is 7.13. The van der Waals surface area contributed by atoms with Gasteiger partial charge in [0.25, 0.3) is 21.7 Å². The topological polar surface area (TPSA) is 161 Å². The van der Waals surface area contributed by atoms with Crippen LogP contribution in [0.15, 0.2) is 78.1 Å². The maximum Gasteiger partial charge on any atom is 0.300 e. The second-order valence-corrected chi connectivity index (χ2v) is 13.1. The molecule has 0 fully saturated rings. The number of hydrogen-bond acceptors (Lipinski definition) is 8. The van der Waals surface area contributed by atoms with Crippen LogP contribution < -0.4 is 25.2 Å². The summed E-state index contributed by atoms with van der Waals surface area (Å²) in [6.45, 7) is 4.04. The number of fused-ring (bicyclic) bond motifs is 1. The fraction of sp³-hybridized carbons (Fsp3) is 0.206. The van der Waals surface area contributed by atoms with Crippen LogP contribution in [0.1, 0.15) is 52.6 Å². The summed E-state index contributed by atoms with van der Waals surface area (Å²) in [6.07, 6.45) is 6.53. The zero-order valence-electron chi connectivity index (χ0n) is 27.1. The largest absolute Gasteiger partial charge is 0.370 e. The van der Waals surface area contributed by atoms with Gasteiger partial charge in [0.1, 0.15) is 5.56 Å². The SMILES string of the molecule is CCNS(=O)(=O)Nc1nn2cccnc2c1C(=O)N[C@H](C)c1c2c3c(ccc(C#Cc4cnn(C)c4)c3c(=O)n1-c1ccccc1)N(C)C2. The molecule has 15 heteroatoms. The molecule has 0 saturated carbocycles. The number of para-hydroxylation sites is 1. The highest BCUT2D eigenvalue weighted by Crippen LogP contribution is 2.40. The monoisotopic (exact) mass is 676 g/mol. The standard InChI is InChI=1S/C34H32N10O4S/c1-5-37-49(47,48)40-31-29(32-35-16-9-17-43(32)39-31)33(45)38-21(2)30-25-20-41(3)26-15-14-23(13-12-22-18-36-42(4)19-22)27(28(25)26)34(46)44(30)24-10-7-6-8-11-24/h6-11,14-19,21,37H,5,20H2,1-4H3,(H,38,45)(H,39,40)/t21-/m1/s1. The molecular formula is C34H32N10O4S. The molecular weight excluding hydrogens is 645 g/mol. The molecule has 0 saturated heterocycles. The highest BCUT2D eigenvalue weighted by Gasteiger charge is 2.32. The lowest BCUT2D eigenvalue weighted by Crippen LogP contribution is -2.34. The first-order valence-corrected chi connectivity index (χ1v) is 17.0. The first-order valence-electron chi connectivity index (χ1n) is 15.5. The molecule has 49 heavy (non-hydrogen) atoms. The Hall–Kier alpha value is -5.98. The Bertz CT molecular complexity index is 2510. The summed E-state index contributed by atoms with van der Waals surface area (Å²) in [5.74, 6) is 5.52. The van der Waals surface area contributed by atoms with E-state index in [4.69, 9.17) is 0 Å². The summed E-state index contributed by atoms with van der Waals surface area (Å²) in [7, 11) is -0.261. The van der Waals surface area contributed by atoms with Gasteiger partial charge in [0.05, 0.1) is 28.9 Å². The molecule has 1 aliphatic rings. The summed E-state index contributed by atoms with van der Waals surface area (Å²) in [6, 6.07) is 13.9. The lowest BCUT2D eigenvalue weighted by atomic mass is 9.97. The average molecular weight is 677 g/mol. The minimum absolute atomic E-state index is 0.0643. The number of nitrogens with zero attached hydrogens (tertiary/aromatic N) is 7. The van der Waals surface area contributed by atoms with E-state index in [1.807, 2.05) is 62.8 Å². The Morgan fingerprint density at radius 2 is 1.86 bits per heavy atom. The zero-order valence-corrected chi connectivity index (χ0v) is 27.9. The molecule has 3 N–H and O–H groups in total. The van der Waals surface area contributed by atoms with E-state index in [1.54, 1.807) is 41.6 Å². The van der Waals surface area contributed by atoms with E-state index in [0.29, 0.717) is 28.9 Å². The third kappa shape index (κ3) is 5.66. The van der Waals surface area contributed by atoms with Crippen molar-refractivity contribution in [1.82, 2.24) is 39.0 Å². The molecule has 7 rings (SSSR count). The maximum absolute atomic E-state index is 14.7.